The first-order valence-corrected chi connectivity index (χ1v) is 9.15. The van der Waals surface area contributed by atoms with E-state index in [1.165, 1.54) is 0 Å². The van der Waals surface area contributed by atoms with Crippen LogP contribution < -0.4 is 4.74 Å². The quantitative estimate of drug-likeness (QED) is 0.736. The van der Waals surface area contributed by atoms with Gasteiger partial charge in [0.1, 0.15) is 30.4 Å². The smallest absolute Gasteiger partial charge is 0.139 e. The summed E-state index contributed by atoms with van der Waals surface area (Å²) in [4.78, 5) is 4.77. The van der Waals surface area contributed by atoms with Crippen molar-refractivity contribution in [1.82, 2.24) is 9.55 Å². The third-order valence-electron chi connectivity index (χ3n) is 4.82. The SMILES string of the molecule is Cc1ccccc1OCC(O)Cn1c(C2CCCO2)nc2ccccc21. The van der Waals surface area contributed by atoms with E-state index in [1.807, 2.05) is 55.5 Å². The zero-order chi connectivity index (χ0) is 17.9. The molecule has 2 atom stereocenters. The molecule has 1 aliphatic heterocycles. The number of aromatic nitrogens is 2. The minimum absolute atomic E-state index is 0.00638. The second-order valence-electron chi connectivity index (χ2n) is 6.80. The van der Waals surface area contributed by atoms with Crippen molar-refractivity contribution < 1.29 is 14.6 Å². The number of nitrogens with zero attached hydrogens (tertiary/aromatic N) is 2. The van der Waals surface area contributed by atoms with Crippen LogP contribution in [-0.4, -0.2) is 34.0 Å². The summed E-state index contributed by atoms with van der Waals surface area (Å²) in [6.45, 7) is 3.44. The lowest BCUT2D eigenvalue weighted by atomic mass is 10.2. The first-order valence-electron chi connectivity index (χ1n) is 9.15. The predicted octanol–water partition coefficient (Wildman–Crippen LogP) is 3.64. The maximum atomic E-state index is 10.6. The minimum Gasteiger partial charge on any atom is -0.491 e. The molecule has 0 saturated carbocycles. The van der Waals surface area contributed by atoms with E-state index in [0.717, 1.165) is 47.6 Å². The number of para-hydroxylation sites is 3. The number of rotatable bonds is 6. The van der Waals surface area contributed by atoms with Crippen LogP contribution in [0.1, 0.15) is 30.3 Å². The Bertz CT molecular complexity index is 884. The van der Waals surface area contributed by atoms with E-state index >= 15 is 0 Å². The Morgan fingerprint density at radius 1 is 1.23 bits per heavy atom. The summed E-state index contributed by atoms with van der Waals surface area (Å²) in [5.74, 6) is 1.71. The van der Waals surface area contributed by atoms with Gasteiger partial charge in [-0.15, -0.1) is 0 Å². The highest BCUT2D eigenvalue weighted by atomic mass is 16.5. The van der Waals surface area contributed by atoms with Crippen molar-refractivity contribution in [3.05, 3.63) is 59.9 Å². The molecule has 136 valence electrons. The Balaban J connectivity index is 1.53. The van der Waals surface area contributed by atoms with Gasteiger partial charge in [0.05, 0.1) is 17.6 Å². The first-order chi connectivity index (χ1) is 12.7. The molecular formula is C21H24N2O3. The highest BCUT2D eigenvalue weighted by Gasteiger charge is 2.25. The normalized spacial score (nSPS) is 18.3. The van der Waals surface area contributed by atoms with Crippen molar-refractivity contribution in [2.24, 2.45) is 0 Å². The fraction of sp³-hybridized carbons (Fsp3) is 0.381. The monoisotopic (exact) mass is 352 g/mol. The zero-order valence-electron chi connectivity index (χ0n) is 15.0. The zero-order valence-corrected chi connectivity index (χ0v) is 15.0. The van der Waals surface area contributed by atoms with Crippen LogP contribution in [0.5, 0.6) is 5.75 Å². The number of imidazole rings is 1. The first kappa shape index (κ1) is 17.1. The van der Waals surface area contributed by atoms with Crippen molar-refractivity contribution in [2.75, 3.05) is 13.2 Å². The van der Waals surface area contributed by atoms with E-state index in [9.17, 15) is 5.11 Å². The standard InChI is InChI=1S/C21H24N2O3/c1-15-7-2-5-10-19(15)26-14-16(24)13-23-18-9-4-3-8-17(18)22-21(23)20-11-6-12-25-20/h2-5,7-10,16,20,24H,6,11-14H2,1H3. The molecule has 2 heterocycles. The molecule has 0 amide bonds. The van der Waals surface area contributed by atoms with Crippen molar-refractivity contribution in [2.45, 2.75) is 38.5 Å². The minimum atomic E-state index is -0.632. The van der Waals surface area contributed by atoms with Gasteiger partial charge < -0.3 is 19.1 Å². The summed E-state index contributed by atoms with van der Waals surface area (Å²) >= 11 is 0. The topological polar surface area (TPSA) is 56.5 Å². The van der Waals surface area contributed by atoms with Crippen LogP contribution in [0.2, 0.25) is 0 Å². The van der Waals surface area contributed by atoms with Gasteiger partial charge in [0.15, 0.2) is 0 Å². The number of benzene rings is 2. The Morgan fingerprint density at radius 3 is 2.85 bits per heavy atom. The Morgan fingerprint density at radius 2 is 2.04 bits per heavy atom. The second-order valence-corrected chi connectivity index (χ2v) is 6.80. The molecule has 0 bridgehead atoms. The number of aliphatic hydroxyl groups excluding tert-OH is 1. The molecule has 5 nitrogen and oxygen atoms in total. The van der Waals surface area contributed by atoms with E-state index < -0.39 is 6.10 Å². The summed E-state index contributed by atoms with van der Waals surface area (Å²) in [6.07, 6.45) is 1.39. The molecule has 1 N–H and O–H groups in total. The van der Waals surface area contributed by atoms with Gasteiger partial charge in [-0.1, -0.05) is 30.3 Å². The number of fused-ring (bicyclic) bond motifs is 1. The van der Waals surface area contributed by atoms with E-state index in [0.29, 0.717) is 6.54 Å². The third-order valence-corrected chi connectivity index (χ3v) is 4.82. The summed E-state index contributed by atoms with van der Waals surface area (Å²) in [6, 6.07) is 15.9. The molecule has 3 aromatic rings. The van der Waals surface area contributed by atoms with Gasteiger partial charge in [-0.05, 0) is 43.5 Å². The lowest BCUT2D eigenvalue weighted by molar-refractivity contribution is 0.0804. The van der Waals surface area contributed by atoms with Gasteiger partial charge in [-0.2, -0.15) is 0 Å². The summed E-state index contributed by atoms with van der Waals surface area (Å²) in [5.41, 5.74) is 3.02. The molecule has 0 radical (unpaired) electrons. The van der Waals surface area contributed by atoms with E-state index in [4.69, 9.17) is 14.5 Å². The average molecular weight is 352 g/mol. The largest absolute Gasteiger partial charge is 0.491 e. The second kappa shape index (κ2) is 7.48. The lowest BCUT2D eigenvalue weighted by Gasteiger charge is -2.18. The van der Waals surface area contributed by atoms with Crippen LogP contribution in [0.4, 0.5) is 0 Å². The van der Waals surface area contributed by atoms with Crippen LogP contribution in [0.25, 0.3) is 11.0 Å². The Kier molecular flexibility index (Phi) is 4.91. The van der Waals surface area contributed by atoms with E-state index in [-0.39, 0.29) is 12.7 Å². The van der Waals surface area contributed by atoms with Gasteiger partial charge in [0.2, 0.25) is 0 Å². The average Bonchev–Trinajstić information content (AvgIpc) is 3.29. The number of aliphatic hydroxyl groups is 1. The van der Waals surface area contributed by atoms with Gasteiger partial charge in [-0.25, -0.2) is 4.98 Å². The number of aryl methyl sites for hydroxylation is 1. The maximum absolute atomic E-state index is 10.6. The molecule has 5 heteroatoms. The fourth-order valence-corrected chi connectivity index (χ4v) is 3.48. The molecule has 2 unspecified atom stereocenters. The van der Waals surface area contributed by atoms with Gasteiger partial charge >= 0.3 is 0 Å². The lowest BCUT2D eigenvalue weighted by Crippen LogP contribution is -2.25. The molecule has 0 spiro atoms. The summed E-state index contributed by atoms with van der Waals surface area (Å²) in [5, 5.41) is 10.6. The van der Waals surface area contributed by atoms with Crippen molar-refractivity contribution in [1.29, 1.82) is 0 Å². The molecule has 2 aromatic carbocycles. The summed E-state index contributed by atoms with van der Waals surface area (Å²) in [7, 11) is 0. The van der Waals surface area contributed by atoms with E-state index in [1.54, 1.807) is 0 Å². The fourth-order valence-electron chi connectivity index (χ4n) is 3.48. The van der Waals surface area contributed by atoms with Gasteiger partial charge in [0, 0.05) is 6.61 Å². The number of hydrogen-bond donors (Lipinski definition) is 1. The molecule has 26 heavy (non-hydrogen) atoms. The molecule has 1 aliphatic rings. The highest BCUT2D eigenvalue weighted by Crippen LogP contribution is 2.30. The van der Waals surface area contributed by atoms with E-state index in [2.05, 4.69) is 4.57 Å². The molecule has 1 fully saturated rings. The molecular weight excluding hydrogens is 328 g/mol. The molecule has 4 rings (SSSR count). The van der Waals surface area contributed by atoms with Crippen LogP contribution in [-0.2, 0) is 11.3 Å². The molecule has 0 aliphatic carbocycles. The van der Waals surface area contributed by atoms with Crippen molar-refractivity contribution in [3.8, 4) is 5.75 Å². The van der Waals surface area contributed by atoms with Crippen LogP contribution in [0, 0.1) is 6.92 Å². The number of hydrogen-bond acceptors (Lipinski definition) is 4. The predicted molar refractivity (Wildman–Crippen MR) is 100 cm³/mol. The van der Waals surface area contributed by atoms with Crippen LogP contribution >= 0.6 is 0 Å². The van der Waals surface area contributed by atoms with Gasteiger partial charge in [-0.3, -0.25) is 0 Å². The Labute approximate surface area is 153 Å². The molecule has 1 saturated heterocycles. The van der Waals surface area contributed by atoms with Crippen LogP contribution in [0.3, 0.4) is 0 Å². The van der Waals surface area contributed by atoms with Crippen molar-refractivity contribution in [3.63, 3.8) is 0 Å². The molecule has 1 aromatic heterocycles. The third kappa shape index (κ3) is 3.45. The Hall–Kier alpha value is -2.37. The highest BCUT2D eigenvalue weighted by molar-refractivity contribution is 5.76. The maximum Gasteiger partial charge on any atom is 0.139 e. The summed E-state index contributed by atoms with van der Waals surface area (Å²) < 4.78 is 13.7. The van der Waals surface area contributed by atoms with Gasteiger partial charge in [0.25, 0.3) is 0 Å². The van der Waals surface area contributed by atoms with Crippen LogP contribution in [0.15, 0.2) is 48.5 Å². The van der Waals surface area contributed by atoms with Crippen molar-refractivity contribution >= 4 is 11.0 Å². The number of ether oxygens (including phenoxy) is 2.